The van der Waals surface area contributed by atoms with Gasteiger partial charge in [-0.2, -0.15) is 0 Å². The smallest absolute Gasteiger partial charge is 0.123 e. The number of hydrogen-bond donors (Lipinski definition) is 0. The molecule has 1 aliphatic rings. The first-order chi connectivity index (χ1) is 8.37. The Morgan fingerprint density at radius 2 is 2.00 bits per heavy atom. The van der Waals surface area contributed by atoms with E-state index in [-0.39, 0.29) is 11.0 Å². The summed E-state index contributed by atoms with van der Waals surface area (Å²) in [4.78, 5) is 0. The number of halogens is 1. The van der Waals surface area contributed by atoms with Gasteiger partial charge in [-0.1, -0.05) is 26.0 Å². The van der Waals surface area contributed by atoms with E-state index in [2.05, 4.69) is 45.9 Å². The van der Waals surface area contributed by atoms with E-state index < -0.39 is 0 Å². The maximum absolute atomic E-state index is 6.48. The van der Waals surface area contributed by atoms with Crippen LogP contribution < -0.4 is 4.74 Å². The molecule has 0 bridgehead atoms. The molecule has 1 heterocycles. The zero-order chi connectivity index (χ0) is 13.3. The van der Waals surface area contributed by atoms with Crippen LogP contribution in [0.1, 0.15) is 57.0 Å². The molecule has 0 N–H and O–H groups in total. The predicted molar refractivity (Wildman–Crippen MR) is 77.5 cm³/mol. The van der Waals surface area contributed by atoms with Gasteiger partial charge in [0, 0.05) is 6.42 Å². The monoisotopic (exact) mass is 266 g/mol. The van der Waals surface area contributed by atoms with Crippen LogP contribution in [-0.4, -0.2) is 5.60 Å². The van der Waals surface area contributed by atoms with Gasteiger partial charge < -0.3 is 4.74 Å². The molecule has 0 radical (unpaired) electrons. The number of ether oxygens (including phenoxy) is 1. The maximum Gasteiger partial charge on any atom is 0.123 e. The molecule has 0 fully saturated rings. The minimum absolute atomic E-state index is 0.0688. The summed E-state index contributed by atoms with van der Waals surface area (Å²) in [6.07, 6.45) is 3.19. The Morgan fingerprint density at radius 3 is 2.67 bits per heavy atom. The van der Waals surface area contributed by atoms with Gasteiger partial charge >= 0.3 is 0 Å². The van der Waals surface area contributed by atoms with Crippen molar-refractivity contribution in [3.63, 3.8) is 0 Å². The van der Waals surface area contributed by atoms with Crippen LogP contribution in [0, 0.1) is 5.92 Å². The van der Waals surface area contributed by atoms with Gasteiger partial charge in [-0.15, -0.1) is 11.6 Å². The van der Waals surface area contributed by atoms with Crippen molar-refractivity contribution in [2.45, 2.75) is 57.9 Å². The van der Waals surface area contributed by atoms with Crippen LogP contribution >= 0.6 is 11.6 Å². The van der Waals surface area contributed by atoms with Crippen molar-refractivity contribution < 1.29 is 4.74 Å². The van der Waals surface area contributed by atoms with E-state index in [0.29, 0.717) is 5.92 Å². The van der Waals surface area contributed by atoms with Crippen molar-refractivity contribution in [2.75, 3.05) is 0 Å². The summed E-state index contributed by atoms with van der Waals surface area (Å²) in [6, 6.07) is 6.41. The molecule has 1 aromatic rings. The molecule has 0 saturated carbocycles. The molecule has 0 amide bonds. The van der Waals surface area contributed by atoms with Gasteiger partial charge in [0.05, 0.1) is 5.38 Å². The summed E-state index contributed by atoms with van der Waals surface area (Å²) in [5.74, 6) is 1.74. The molecule has 1 unspecified atom stereocenters. The predicted octanol–water partition coefficient (Wildman–Crippen LogP) is 5.12. The van der Waals surface area contributed by atoms with Crippen molar-refractivity contribution in [1.82, 2.24) is 0 Å². The minimum atomic E-state index is -0.0688. The molecule has 0 aliphatic carbocycles. The van der Waals surface area contributed by atoms with Crippen LogP contribution in [-0.2, 0) is 6.42 Å². The first-order valence-corrected chi connectivity index (χ1v) is 7.27. The Morgan fingerprint density at radius 1 is 1.28 bits per heavy atom. The highest BCUT2D eigenvalue weighted by Gasteiger charge is 2.30. The summed E-state index contributed by atoms with van der Waals surface area (Å²) < 4.78 is 5.88. The van der Waals surface area contributed by atoms with Crippen LogP contribution in [0.3, 0.4) is 0 Å². The molecular formula is C16H23ClO. The highest BCUT2D eigenvalue weighted by atomic mass is 35.5. The number of hydrogen-bond acceptors (Lipinski definition) is 1. The first-order valence-electron chi connectivity index (χ1n) is 6.83. The largest absolute Gasteiger partial charge is 0.487 e. The maximum atomic E-state index is 6.48. The summed E-state index contributed by atoms with van der Waals surface area (Å²) in [6.45, 7) is 8.73. The van der Waals surface area contributed by atoms with E-state index in [4.69, 9.17) is 16.3 Å². The van der Waals surface area contributed by atoms with Crippen LogP contribution in [0.25, 0.3) is 0 Å². The highest BCUT2D eigenvalue weighted by Crippen LogP contribution is 2.38. The van der Waals surface area contributed by atoms with Gasteiger partial charge in [0.1, 0.15) is 11.4 Å². The Hall–Kier alpha value is -0.690. The fourth-order valence-corrected chi connectivity index (χ4v) is 2.73. The van der Waals surface area contributed by atoms with Crippen LogP contribution in [0.2, 0.25) is 0 Å². The van der Waals surface area contributed by atoms with Gasteiger partial charge in [-0.25, -0.2) is 0 Å². The fraction of sp³-hybridized carbons (Fsp3) is 0.625. The average Bonchev–Trinajstić information content (AvgIpc) is 2.58. The number of rotatable bonds is 4. The van der Waals surface area contributed by atoms with E-state index in [1.807, 2.05) is 0 Å². The number of alkyl halides is 1. The molecule has 100 valence electrons. The SMILES string of the molecule is CC(C)CCC(Cl)c1ccc2c(c1)CC(C)(C)O2. The molecule has 2 heteroatoms. The number of benzene rings is 1. The third-order valence-corrected chi connectivity index (χ3v) is 3.92. The van der Waals surface area contributed by atoms with Gasteiger partial charge in [0.15, 0.2) is 0 Å². The lowest BCUT2D eigenvalue weighted by molar-refractivity contribution is 0.138. The molecule has 18 heavy (non-hydrogen) atoms. The van der Waals surface area contributed by atoms with E-state index in [0.717, 1.165) is 18.6 Å². The van der Waals surface area contributed by atoms with E-state index in [1.54, 1.807) is 0 Å². The molecule has 1 atom stereocenters. The standard InChI is InChI=1S/C16H23ClO/c1-11(2)5-7-14(17)12-6-8-15-13(9-12)10-16(3,4)18-15/h6,8-9,11,14H,5,7,10H2,1-4H3. The van der Waals surface area contributed by atoms with Gasteiger partial charge in [0.25, 0.3) is 0 Å². The van der Waals surface area contributed by atoms with Gasteiger partial charge in [0.2, 0.25) is 0 Å². The third-order valence-electron chi connectivity index (χ3n) is 3.45. The highest BCUT2D eigenvalue weighted by molar-refractivity contribution is 6.20. The van der Waals surface area contributed by atoms with Gasteiger partial charge in [-0.05, 0) is 49.8 Å². The van der Waals surface area contributed by atoms with Crippen molar-refractivity contribution in [2.24, 2.45) is 5.92 Å². The van der Waals surface area contributed by atoms with Crippen molar-refractivity contribution >= 4 is 11.6 Å². The van der Waals surface area contributed by atoms with Crippen LogP contribution in [0.5, 0.6) is 5.75 Å². The molecule has 1 aliphatic heterocycles. The van der Waals surface area contributed by atoms with Crippen molar-refractivity contribution in [1.29, 1.82) is 0 Å². The molecule has 0 aromatic heterocycles. The second kappa shape index (κ2) is 5.13. The lowest BCUT2D eigenvalue weighted by Crippen LogP contribution is -2.24. The summed E-state index contributed by atoms with van der Waals surface area (Å²) in [5.41, 5.74) is 2.46. The fourth-order valence-electron chi connectivity index (χ4n) is 2.47. The Bertz CT molecular complexity index is 423. The Balaban J connectivity index is 2.08. The number of fused-ring (bicyclic) bond motifs is 1. The topological polar surface area (TPSA) is 9.23 Å². The van der Waals surface area contributed by atoms with E-state index in [9.17, 15) is 0 Å². The average molecular weight is 267 g/mol. The lowest BCUT2D eigenvalue weighted by Gasteiger charge is -2.16. The molecular weight excluding hydrogens is 244 g/mol. The normalized spacial score (nSPS) is 18.6. The second-order valence-corrected chi connectivity index (χ2v) is 6.87. The third kappa shape index (κ3) is 3.20. The van der Waals surface area contributed by atoms with Crippen molar-refractivity contribution in [3.8, 4) is 5.75 Å². The summed E-state index contributed by atoms with van der Waals surface area (Å²) in [5, 5.41) is 0.126. The molecule has 1 aromatic carbocycles. The molecule has 1 nitrogen and oxygen atoms in total. The minimum Gasteiger partial charge on any atom is -0.487 e. The quantitative estimate of drug-likeness (QED) is 0.688. The zero-order valence-electron chi connectivity index (χ0n) is 11.8. The van der Waals surface area contributed by atoms with Gasteiger partial charge in [-0.3, -0.25) is 0 Å². The molecule has 0 spiro atoms. The second-order valence-electron chi connectivity index (χ2n) is 6.34. The van der Waals surface area contributed by atoms with Crippen LogP contribution in [0.15, 0.2) is 18.2 Å². The molecule has 0 saturated heterocycles. The Kier molecular flexibility index (Phi) is 3.91. The van der Waals surface area contributed by atoms with E-state index in [1.165, 1.54) is 17.5 Å². The molecule has 2 rings (SSSR count). The zero-order valence-corrected chi connectivity index (χ0v) is 12.6. The lowest BCUT2D eigenvalue weighted by atomic mass is 9.97. The first kappa shape index (κ1) is 13.7. The summed E-state index contributed by atoms with van der Waals surface area (Å²) in [7, 11) is 0. The van der Waals surface area contributed by atoms with Crippen molar-refractivity contribution in [3.05, 3.63) is 29.3 Å². The Labute approximate surface area is 115 Å². The summed E-state index contributed by atoms with van der Waals surface area (Å²) >= 11 is 6.48. The van der Waals surface area contributed by atoms with Crippen LogP contribution in [0.4, 0.5) is 0 Å². The van der Waals surface area contributed by atoms with E-state index >= 15 is 0 Å².